The van der Waals surface area contributed by atoms with Gasteiger partial charge < -0.3 is 24.3 Å². The van der Waals surface area contributed by atoms with Crippen LogP contribution in [0.4, 0.5) is 5.69 Å². The van der Waals surface area contributed by atoms with Gasteiger partial charge in [0.05, 0.1) is 36.7 Å². The Morgan fingerprint density at radius 2 is 1.51 bits per heavy atom. The first-order chi connectivity index (χ1) is 20.0. The minimum atomic E-state index is -0.635. The Morgan fingerprint density at radius 1 is 0.780 bits per heavy atom. The molecule has 0 fully saturated rings. The highest BCUT2D eigenvalue weighted by Gasteiger charge is 2.17. The zero-order valence-electron chi connectivity index (χ0n) is 22.6. The van der Waals surface area contributed by atoms with Crippen molar-refractivity contribution in [1.82, 2.24) is 4.98 Å². The number of ether oxygens (including phenoxy) is 4. The lowest BCUT2D eigenvalue weighted by atomic mass is 10.0. The van der Waals surface area contributed by atoms with Gasteiger partial charge in [-0.1, -0.05) is 48.5 Å². The van der Waals surface area contributed by atoms with Crippen molar-refractivity contribution in [2.75, 3.05) is 26.1 Å². The molecule has 0 saturated carbocycles. The number of nitrogens with one attached hydrogen (secondary N) is 1. The van der Waals surface area contributed by atoms with Crippen molar-refractivity contribution in [3.8, 4) is 28.5 Å². The average Bonchev–Trinajstić information content (AvgIpc) is 3.03. The molecule has 0 saturated heterocycles. The van der Waals surface area contributed by atoms with Crippen molar-refractivity contribution in [2.45, 2.75) is 6.61 Å². The van der Waals surface area contributed by atoms with Crippen molar-refractivity contribution in [2.24, 2.45) is 0 Å². The number of hydrogen-bond donors (Lipinski definition) is 1. The van der Waals surface area contributed by atoms with Crippen LogP contribution in [0.3, 0.4) is 0 Å². The van der Waals surface area contributed by atoms with Crippen LogP contribution in [0.15, 0.2) is 103 Å². The summed E-state index contributed by atoms with van der Waals surface area (Å²) in [4.78, 5) is 30.5. The second-order valence-corrected chi connectivity index (χ2v) is 9.06. The molecule has 4 aromatic carbocycles. The lowest BCUT2D eigenvalue weighted by Crippen LogP contribution is -2.21. The number of esters is 1. The summed E-state index contributed by atoms with van der Waals surface area (Å²) < 4.78 is 21.8. The first-order valence-electron chi connectivity index (χ1n) is 12.9. The van der Waals surface area contributed by atoms with Crippen molar-refractivity contribution in [3.05, 3.63) is 114 Å². The van der Waals surface area contributed by atoms with E-state index in [9.17, 15) is 9.59 Å². The zero-order valence-corrected chi connectivity index (χ0v) is 22.6. The van der Waals surface area contributed by atoms with E-state index >= 15 is 0 Å². The Hall–Kier alpha value is -5.37. The number of carbonyl (C=O) groups excluding carboxylic acids is 2. The van der Waals surface area contributed by atoms with Crippen molar-refractivity contribution in [1.29, 1.82) is 0 Å². The SMILES string of the molecule is COc1ccc(NC(=O)COC(=O)c2cc(-c3ccc(OCc4ccccc4)cc3)nc3ccccc23)c(OC)c1. The molecule has 0 bridgehead atoms. The first kappa shape index (κ1) is 27.2. The van der Waals surface area contributed by atoms with E-state index in [-0.39, 0.29) is 0 Å². The maximum atomic E-state index is 13.2. The number of benzene rings is 4. The summed E-state index contributed by atoms with van der Waals surface area (Å²) in [5.41, 5.74) is 3.85. The molecule has 1 heterocycles. The van der Waals surface area contributed by atoms with Gasteiger partial charge in [-0.15, -0.1) is 0 Å². The molecule has 0 radical (unpaired) electrons. The van der Waals surface area contributed by atoms with Crippen LogP contribution in [0.25, 0.3) is 22.2 Å². The summed E-state index contributed by atoms with van der Waals surface area (Å²) in [7, 11) is 3.03. The Bertz CT molecular complexity index is 1670. The molecule has 0 aliphatic rings. The van der Waals surface area contributed by atoms with Gasteiger partial charge in [0.2, 0.25) is 0 Å². The Labute approximate surface area is 237 Å². The minimum Gasteiger partial charge on any atom is -0.497 e. The van der Waals surface area contributed by atoms with Gasteiger partial charge in [-0.25, -0.2) is 9.78 Å². The van der Waals surface area contributed by atoms with Crippen molar-refractivity contribution < 1.29 is 28.5 Å². The number of para-hydroxylation sites is 1. The van der Waals surface area contributed by atoms with Crippen molar-refractivity contribution >= 4 is 28.5 Å². The van der Waals surface area contributed by atoms with Gasteiger partial charge in [0.25, 0.3) is 5.91 Å². The molecule has 1 aromatic heterocycles. The summed E-state index contributed by atoms with van der Waals surface area (Å²) >= 11 is 0. The number of fused-ring (bicyclic) bond motifs is 1. The van der Waals surface area contributed by atoms with Crippen LogP contribution in [0, 0.1) is 0 Å². The molecule has 0 atom stereocenters. The van der Waals surface area contributed by atoms with Crippen LogP contribution < -0.4 is 19.5 Å². The number of methoxy groups -OCH3 is 2. The third-order valence-electron chi connectivity index (χ3n) is 6.35. The summed E-state index contributed by atoms with van der Waals surface area (Å²) in [5, 5.41) is 3.33. The highest BCUT2D eigenvalue weighted by atomic mass is 16.5. The molecule has 5 rings (SSSR count). The van der Waals surface area contributed by atoms with Gasteiger partial charge >= 0.3 is 5.97 Å². The molecule has 206 valence electrons. The molecule has 1 N–H and O–H groups in total. The van der Waals surface area contributed by atoms with E-state index in [4.69, 9.17) is 23.9 Å². The highest BCUT2D eigenvalue weighted by Crippen LogP contribution is 2.29. The monoisotopic (exact) mass is 548 g/mol. The quantitative estimate of drug-likeness (QED) is 0.205. The van der Waals surface area contributed by atoms with Crippen LogP contribution >= 0.6 is 0 Å². The number of carbonyl (C=O) groups is 2. The number of aromatic nitrogens is 1. The maximum Gasteiger partial charge on any atom is 0.339 e. The van der Waals surface area contributed by atoms with Crippen molar-refractivity contribution in [3.63, 3.8) is 0 Å². The summed E-state index contributed by atoms with van der Waals surface area (Å²) in [6.07, 6.45) is 0. The van der Waals surface area contributed by atoms with Crippen LogP contribution in [0.5, 0.6) is 17.2 Å². The normalized spacial score (nSPS) is 10.6. The zero-order chi connectivity index (χ0) is 28.6. The van der Waals surface area contributed by atoms with Crippen LogP contribution in [0.1, 0.15) is 15.9 Å². The fourth-order valence-corrected chi connectivity index (χ4v) is 4.25. The average molecular weight is 549 g/mol. The Morgan fingerprint density at radius 3 is 2.27 bits per heavy atom. The predicted octanol–water partition coefficient (Wildman–Crippen LogP) is 6.29. The molecule has 5 aromatic rings. The number of anilines is 1. The highest BCUT2D eigenvalue weighted by molar-refractivity contribution is 6.05. The number of rotatable bonds is 10. The topological polar surface area (TPSA) is 96.0 Å². The smallest absolute Gasteiger partial charge is 0.339 e. The lowest BCUT2D eigenvalue weighted by Gasteiger charge is -2.13. The first-order valence-corrected chi connectivity index (χ1v) is 12.9. The Balaban J connectivity index is 1.30. The molecule has 41 heavy (non-hydrogen) atoms. The van der Waals surface area contributed by atoms with E-state index in [0.717, 1.165) is 16.9 Å². The van der Waals surface area contributed by atoms with E-state index in [1.165, 1.54) is 14.2 Å². The van der Waals surface area contributed by atoms with E-state index in [1.807, 2.05) is 72.8 Å². The standard InChI is InChI=1S/C33H28N2O6/c1-38-25-16-17-29(31(18-25)39-2)35-32(36)21-41-33(37)27-19-30(34-28-11-7-6-10-26(27)28)23-12-14-24(15-13-23)40-20-22-8-4-3-5-9-22/h3-19H,20-21H2,1-2H3,(H,35,36). The fourth-order valence-electron chi connectivity index (χ4n) is 4.25. The molecular formula is C33H28N2O6. The second kappa shape index (κ2) is 12.7. The number of pyridine rings is 1. The Kier molecular flexibility index (Phi) is 8.40. The number of nitrogens with zero attached hydrogens (tertiary/aromatic N) is 1. The van der Waals surface area contributed by atoms with Gasteiger partial charge in [-0.05, 0) is 54.1 Å². The largest absolute Gasteiger partial charge is 0.497 e. The maximum absolute atomic E-state index is 13.2. The molecule has 0 aliphatic carbocycles. The van der Waals surface area contributed by atoms with E-state index < -0.39 is 18.5 Å². The van der Waals surface area contributed by atoms with E-state index in [1.54, 1.807) is 30.3 Å². The predicted molar refractivity (Wildman–Crippen MR) is 156 cm³/mol. The molecule has 0 aliphatic heterocycles. The van der Waals surface area contributed by atoms with Gasteiger partial charge in [0.15, 0.2) is 6.61 Å². The fraction of sp³-hybridized carbons (Fsp3) is 0.121. The van der Waals surface area contributed by atoms with Gasteiger partial charge in [-0.2, -0.15) is 0 Å². The van der Waals surface area contributed by atoms with Crippen LogP contribution in [0.2, 0.25) is 0 Å². The second-order valence-electron chi connectivity index (χ2n) is 9.06. The molecule has 1 amide bonds. The molecule has 8 nitrogen and oxygen atoms in total. The minimum absolute atomic E-state index is 0.310. The molecule has 0 unspecified atom stereocenters. The summed E-state index contributed by atoms with van der Waals surface area (Å²) in [6, 6.07) is 31.4. The lowest BCUT2D eigenvalue weighted by molar-refractivity contribution is -0.119. The third kappa shape index (κ3) is 6.62. The van der Waals surface area contributed by atoms with Gasteiger partial charge in [-0.3, -0.25) is 4.79 Å². The van der Waals surface area contributed by atoms with E-state index in [0.29, 0.717) is 46.0 Å². The molecular weight excluding hydrogens is 520 g/mol. The third-order valence-corrected chi connectivity index (χ3v) is 6.35. The van der Waals surface area contributed by atoms with Crippen LogP contribution in [-0.2, 0) is 16.1 Å². The van der Waals surface area contributed by atoms with E-state index in [2.05, 4.69) is 5.32 Å². The summed E-state index contributed by atoms with van der Waals surface area (Å²) in [6.45, 7) is -0.0172. The number of hydrogen-bond acceptors (Lipinski definition) is 7. The molecule has 0 spiro atoms. The number of amides is 1. The van der Waals surface area contributed by atoms with Crippen LogP contribution in [-0.4, -0.2) is 37.7 Å². The van der Waals surface area contributed by atoms with Gasteiger partial charge in [0.1, 0.15) is 23.9 Å². The summed E-state index contributed by atoms with van der Waals surface area (Å²) in [5.74, 6) is 0.583. The molecule has 8 heteroatoms. The van der Waals surface area contributed by atoms with Gasteiger partial charge in [0, 0.05) is 17.0 Å².